The SMILES string of the molecule is Cc1ccc(/C=N/Nc2nc(-c3ccccc3C)cs2)c(C)c1. The molecule has 0 aliphatic rings. The third-order valence-corrected chi connectivity index (χ3v) is 4.46. The highest BCUT2D eigenvalue weighted by molar-refractivity contribution is 7.14. The number of anilines is 1. The summed E-state index contributed by atoms with van der Waals surface area (Å²) in [6, 6.07) is 14.6. The third kappa shape index (κ3) is 3.66. The van der Waals surface area contributed by atoms with Crippen LogP contribution in [0.3, 0.4) is 0 Å². The van der Waals surface area contributed by atoms with Crippen molar-refractivity contribution in [3.8, 4) is 11.3 Å². The van der Waals surface area contributed by atoms with Crippen molar-refractivity contribution in [3.05, 3.63) is 70.1 Å². The smallest absolute Gasteiger partial charge is 0.203 e. The molecular weight excluding hydrogens is 302 g/mol. The van der Waals surface area contributed by atoms with E-state index in [1.807, 2.05) is 18.3 Å². The Morgan fingerprint density at radius 2 is 1.87 bits per heavy atom. The molecule has 3 aromatic rings. The second-order valence-electron chi connectivity index (χ2n) is 5.58. The molecule has 1 N–H and O–H groups in total. The summed E-state index contributed by atoms with van der Waals surface area (Å²) in [5.74, 6) is 0. The fourth-order valence-corrected chi connectivity index (χ4v) is 3.10. The van der Waals surface area contributed by atoms with Crippen LogP contribution in [-0.2, 0) is 0 Å². The zero-order valence-electron chi connectivity index (χ0n) is 13.5. The molecule has 0 amide bonds. The molecule has 0 saturated heterocycles. The largest absolute Gasteiger partial charge is 0.253 e. The van der Waals surface area contributed by atoms with Crippen molar-refractivity contribution in [3.63, 3.8) is 0 Å². The number of hydrazone groups is 1. The van der Waals surface area contributed by atoms with E-state index in [9.17, 15) is 0 Å². The van der Waals surface area contributed by atoms with E-state index in [1.165, 1.54) is 16.7 Å². The minimum Gasteiger partial charge on any atom is -0.253 e. The first kappa shape index (κ1) is 15.4. The highest BCUT2D eigenvalue weighted by Crippen LogP contribution is 2.27. The zero-order chi connectivity index (χ0) is 16.2. The average molecular weight is 321 g/mol. The van der Waals surface area contributed by atoms with Gasteiger partial charge >= 0.3 is 0 Å². The second-order valence-corrected chi connectivity index (χ2v) is 6.44. The van der Waals surface area contributed by atoms with Crippen LogP contribution in [0.1, 0.15) is 22.3 Å². The molecule has 3 nitrogen and oxygen atoms in total. The summed E-state index contributed by atoms with van der Waals surface area (Å²) in [5, 5.41) is 7.15. The molecule has 116 valence electrons. The van der Waals surface area contributed by atoms with E-state index in [2.05, 4.69) is 72.0 Å². The maximum Gasteiger partial charge on any atom is 0.203 e. The number of thiazole rings is 1. The van der Waals surface area contributed by atoms with Crippen molar-refractivity contribution < 1.29 is 0 Å². The summed E-state index contributed by atoms with van der Waals surface area (Å²) < 4.78 is 0. The van der Waals surface area contributed by atoms with Gasteiger partial charge in [0.2, 0.25) is 5.13 Å². The van der Waals surface area contributed by atoms with E-state index in [0.717, 1.165) is 22.0 Å². The minimum atomic E-state index is 0.796. The van der Waals surface area contributed by atoms with E-state index in [1.54, 1.807) is 11.3 Å². The summed E-state index contributed by atoms with van der Waals surface area (Å²) in [7, 11) is 0. The summed E-state index contributed by atoms with van der Waals surface area (Å²) in [6.45, 7) is 6.28. The third-order valence-electron chi connectivity index (χ3n) is 3.71. The number of nitrogens with one attached hydrogen (secondary N) is 1. The van der Waals surface area contributed by atoms with E-state index in [0.29, 0.717) is 0 Å². The number of benzene rings is 2. The van der Waals surface area contributed by atoms with Gasteiger partial charge in [-0.3, -0.25) is 5.43 Å². The van der Waals surface area contributed by atoms with Crippen LogP contribution in [-0.4, -0.2) is 11.2 Å². The first-order valence-electron chi connectivity index (χ1n) is 7.51. The van der Waals surface area contributed by atoms with Crippen LogP contribution >= 0.6 is 11.3 Å². The fraction of sp³-hybridized carbons (Fsp3) is 0.158. The van der Waals surface area contributed by atoms with Crippen molar-refractivity contribution in [2.45, 2.75) is 20.8 Å². The van der Waals surface area contributed by atoms with Crippen LogP contribution in [0.2, 0.25) is 0 Å². The number of aromatic nitrogens is 1. The molecule has 0 aliphatic carbocycles. The Kier molecular flexibility index (Phi) is 4.53. The van der Waals surface area contributed by atoms with Gasteiger partial charge in [-0.15, -0.1) is 11.3 Å². The first-order chi connectivity index (χ1) is 11.1. The van der Waals surface area contributed by atoms with Crippen molar-refractivity contribution >= 4 is 22.7 Å². The van der Waals surface area contributed by atoms with Gasteiger partial charge in [0.25, 0.3) is 0 Å². The van der Waals surface area contributed by atoms with Crippen LogP contribution in [0.5, 0.6) is 0 Å². The number of aryl methyl sites for hydroxylation is 3. The highest BCUT2D eigenvalue weighted by atomic mass is 32.1. The maximum absolute atomic E-state index is 4.60. The summed E-state index contributed by atoms with van der Waals surface area (Å²) >= 11 is 1.56. The normalized spacial score (nSPS) is 11.1. The lowest BCUT2D eigenvalue weighted by Crippen LogP contribution is -1.93. The Balaban J connectivity index is 1.72. The summed E-state index contributed by atoms with van der Waals surface area (Å²) in [4.78, 5) is 4.60. The number of nitrogens with zero attached hydrogens (tertiary/aromatic N) is 2. The topological polar surface area (TPSA) is 37.3 Å². The minimum absolute atomic E-state index is 0.796. The predicted molar refractivity (Wildman–Crippen MR) is 99.4 cm³/mol. The van der Waals surface area contributed by atoms with E-state index in [4.69, 9.17) is 0 Å². The van der Waals surface area contributed by atoms with Gasteiger partial charge in [-0.05, 0) is 37.5 Å². The molecule has 0 fully saturated rings. The summed E-state index contributed by atoms with van der Waals surface area (Å²) in [6.07, 6.45) is 1.84. The van der Waals surface area contributed by atoms with Crippen LogP contribution < -0.4 is 5.43 Å². The Morgan fingerprint density at radius 1 is 1.04 bits per heavy atom. The summed E-state index contributed by atoms with van der Waals surface area (Å²) in [5.41, 5.74) is 9.98. The number of hydrogen-bond acceptors (Lipinski definition) is 4. The van der Waals surface area contributed by atoms with Crippen molar-refractivity contribution in [1.82, 2.24) is 4.98 Å². The fourth-order valence-electron chi connectivity index (χ4n) is 2.44. The Hall–Kier alpha value is -2.46. The lowest BCUT2D eigenvalue weighted by molar-refractivity contribution is 1.28. The van der Waals surface area contributed by atoms with Crippen LogP contribution in [0.25, 0.3) is 11.3 Å². The van der Waals surface area contributed by atoms with Crippen molar-refractivity contribution in [2.75, 3.05) is 5.43 Å². The van der Waals surface area contributed by atoms with Gasteiger partial charge in [-0.2, -0.15) is 5.10 Å². The molecule has 4 heteroatoms. The molecule has 3 rings (SSSR count). The zero-order valence-corrected chi connectivity index (χ0v) is 14.3. The monoisotopic (exact) mass is 321 g/mol. The van der Waals surface area contributed by atoms with Gasteiger partial charge in [-0.1, -0.05) is 48.0 Å². The average Bonchev–Trinajstić information content (AvgIpc) is 2.98. The molecule has 0 unspecified atom stereocenters. The quantitative estimate of drug-likeness (QED) is 0.531. The van der Waals surface area contributed by atoms with Gasteiger partial charge in [0.15, 0.2) is 0 Å². The van der Waals surface area contributed by atoms with Crippen LogP contribution in [0.15, 0.2) is 52.9 Å². The Bertz CT molecular complexity index is 849. The van der Waals surface area contributed by atoms with E-state index >= 15 is 0 Å². The van der Waals surface area contributed by atoms with Crippen LogP contribution in [0, 0.1) is 20.8 Å². The lowest BCUT2D eigenvalue weighted by Gasteiger charge is -2.01. The van der Waals surface area contributed by atoms with E-state index < -0.39 is 0 Å². The standard InChI is InChI=1S/C19H19N3S/c1-13-8-9-16(15(3)10-13)11-20-22-19-21-18(12-23-19)17-7-5-4-6-14(17)2/h4-12H,1-3H3,(H,21,22)/b20-11+. The molecule has 0 atom stereocenters. The number of rotatable bonds is 4. The molecule has 0 spiro atoms. The van der Waals surface area contributed by atoms with Crippen LogP contribution in [0.4, 0.5) is 5.13 Å². The first-order valence-corrected chi connectivity index (χ1v) is 8.39. The van der Waals surface area contributed by atoms with Crippen molar-refractivity contribution in [2.24, 2.45) is 5.10 Å². The molecule has 1 aromatic heterocycles. The Morgan fingerprint density at radius 3 is 2.65 bits per heavy atom. The van der Waals surface area contributed by atoms with E-state index in [-0.39, 0.29) is 0 Å². The molecule has 2 aromatic carbocycles. The molecule has 1 heterocycles. The molecule has 23 heavy (non-hydrogen) atoms. The van der Waals surface area contributed by atoms with Gasteiger partial charge in [0.05, 0.1) is 11.9 Å². The van der Waals surface area contributed by atoms with Gasteiger partial charge < -0.3 is 0 Å². The molecule has 0 bridgehead atoms. The molecule has 0 radical (unpaired) electrons. The molecular formula is C19H19N3S. The lowest BCUT2D eigenvalue weighted by atomic mass is 10.1. The van der Waals surface area contributed by atoms with Gasteiger partial charge in [0, 0.05) is 10.9 Å². The molecule has 0 saturated carbocycles. The highest BCUT2D eigenvalue weighted by Gasteiger charge is 2.05. The second kappa shape index (κ2) is 6.75. The molecule has 0 aliphatic heterocycles. The van der Waals surface area contributed by atoms with Gasteiger partial charge in [0.1, 0.15) is 0 Å². The van der Waals surface area contributed by atoms with Gasteiger partial charge in [-0.25, -0.2) is 4.98 Å². The van der Waals surface area contributed by atoms with Crippen molar-refractivity contribution in [1.29, 1.82) is 0 Å². The Labute approximate surface area is 140 Å². The predicted octanol–water partition coefficient (Wildman–Crippen LogP) is 5.18. The maximum atomic E-state index is 4.60. The number of hydrogen-bond donors (Lipinski definition) is 1.